The third-order valence-electron chi connectivity index (χ3n) is 1.99. The van der Waals surface area contributed by atoms with E-state index in [1.165, 1.54) is 0 Å². The highest BCUT2D eigenvalue weighted by molar-refractivity contribution is 6.59. The van der Waals surface area contributed by atoms with Gasteiger partial charge in [0.05, 0.1) is 12.2 Å². The molecule has 0 unspecified atom stereocenters. The second kappa shape index (κ2) is 4.79. The van der Waals surface area contributed by atoms with Gasteiger partial charge in [0.25, 0.3) is 0 Å². The van der Waals surface area contributed by atoms with Crippen LogP contribution in [-0.2, 0) is 11.3 Å². The fourth-order valence-electron chi connectivity index (χ4n) is 1.21. The summed E-state index contributed by atoms with van der Waals surface area (Å²) in [6.07, 6.45) is 0. The Labute approximate surface area is 90.9 Å². The smallest absolute Gasteiger partial charge is 0.423 e. The molecule has 0 aliphatic rings. The van der Waals surface area contributed by atoms with Crippen LogP contribution in [-0.4, -0.2) is 22.8 Å². The molecular weight excluding hydrogens is 191 g/mol. The fourth-order valence-corrected chi connectivity index (χ4v) is 1.21. The van der Waals surface area contributed by atoms with Crippen LogP contribution in [0.15, 0.2) is 24.3 Å². The van der Waals surface area contributed by atoms with E-state index in [1.807, 2.05) is 32.9 Å². The minimum Gasteiger partial charge on any atom is -0.423 e. The van der Waals surface area contributed by atoms with E-state index in [0.717, 1.165) is 5.56 Å². The molecule has 0 aromatic heterocycles. The van der Waals surface area contributed by atoms with Crippen molar-refractivity contribution in [2.24, 2.45) is 0 Å². The molecule has 1 aromatic carbocycles. The molecule has 0 saturated carbocycles. The lowest BCUT2D eigenvalue weighted by Crippen LogP contribution is -2.34. The van der Waals surface area contributed by atoms with Crippen molar-refractivity contribution in [1.29, 1.82) is 0 Å². The van der Waals surface area contributed by atoms with Gasteiger partial charge in [-0.15, -0.1) is 0 Å². The van der Waals surface area contributed by atoms with Crippen molar-refractivity contribution in [2.45, 2.75) is 33.0 Å². The number of hydrogen-bond acceptors (Lipinski definition) is 3. The molecule has 0 amide bonds. The zero-order valence-corrected chi connectivity index (χ0v) is 9.40. The Morgan fingerprint density at radius 1 is 1.20 bits per heavy atom. The van der Waals surface area contributed by atoms with Crippen molar-refractivity contribution < 1.29 is 14.8 Å². The van der Waals surface area contributed by atoms with Gasteiger partial charge in [-0.3, -0.25) is 0 Å². The van der Waals surface area contributed by atoms with Gasteiger partial charge in [-0.2, -0.15) is 0 Å². The maximum absolute atomic E-state index is 9.13. The summed E-state index contributed by atoms with van der Waals surface area (Å²) in [7, 11) is -1.44. The first kappa shape index (κ1) is 12.2. The van der Waals surface area contributed by atoms with E-state index in [2.05, 4.69) is 0 Å². The van der Waals surface area contributed by atoms with E-state index in [4.69, 9.17) is 14.8 Å². The Hall–Kier alpha value is -0.835. The molecule has 0 spiro atoms. The molecule has 0 aliphatic heterocycles. The van der Waals surface area contributed by atoms with Gasteiger partial charge in [0.2, 0.25) is 0 Å². The highest BCUT2D eigenvalue weighted by Gasteiger charge is 2.17. The van der Waals surface area contributed by atoms with Gasteiger partial charge in [-0.1, -0.05) is 24.3 Å². The summed E-state index contributed by atoms with van der Waals surface area (Å²) in [5.41, 5.74) is 1.08. The van der Waals surface area contributed by atoms with Crippen molar-refractivity contribution in [3.63, 3.8) is 0 Å². The monoisotopic (exact) mass is 208 g/mol. The Morgan fingerprint density at radius 2 is 1.80 bits per heavy atom. The number of benzene rings is 1. The molecular formula is C11H17BO3. The molecule has 3 nitrogen and oxygen atoms in total. The zero-order chi connectivity index (χ0) is 11.5. The van der Waals surface area contributed by atoms with Crippen molar-refractivity contribution in [3.05, 3.63) is 29.8 Å². The topological polar surface area (TPSA) is 49.7 Å². The number of hydrogen-bond donors (Lipinski definition) is 2. The highest BCUT2D eigenvalue weighted by Crippen LogP contribution is 2.10. The van der Waals surface area contributed by atoms with Crippen LogP contribution < -0.4 is 5.46 Å². The average molecular weight is 208 g/mol. The molecule has 15 heavy (non-hydrogen) atoms. The normalized spacial score (nSPS) is 11.5. The van der Waals surface area contributed by atoms with Gasteiger partial charge in [0.15, 0.2) is 0 Å². The van der Waals surface area contributed by atoms with Crippen molar-refractivity contribution >= 4 is 12.6 Å². The minimum atomic E-state index is -1.44. The Morgan fingerprint density at radius 3 is 2.33 bits per heavy atom. The Kier molecular flexibility index (Phi) is 3.91. The Bertz CT molecular complexity index is 318. The number of ether oxygens (including phenoxy) is 1. The van der Waals surface area contributed by atoms with E-state index in [9.17, 15) is 0 Å². The van der Waals surface area contributed by atoms with Crippen LogP contribution >= 0.6 is 0 Å². The second-order valence-corrected chi connectivity index (χ2v) is 4.47. The average Bonchev–Trinajstić information content (AvgIpc) is 2.14. The molecule has 0 atom stereocenters. The van der Waals surface area contributed by atoms with Gasteiger partial charge in [-0.25, -0.2) is 0 Å². The molecule has 0 saturated heterocycles. The molecule has 0 fully saturated rings. The molecule has 82 valence electrons. The molecule has 1 aromatic rings. The summed E-state index contributed by atoms with van der Waals surface area (Å²) in [6, 6.07) is 7.15. The van der Waals surface area contributed by atoms with E-state index in [0.29, 0.717) is 12.1 Å². The van der Waals surface area contributed by atoms with Crippen LogP contribution in [0.1, 0.15) is 26.3 Å². The quantitative estimate of drug-likeness (QED) is 0.718. The first-order chi connectivity index (χ1) is 6.90. The Balaban J connectivity index is 2.76. The summed E-state index contributed by atoms with van der Waals surface area (Å²) in [4.78, 5) is 0. The lowest BCUT2D eigenvalue weighted by Gasteiger charge is -2.20. The van der Waals surface area contributed by atoms with E-state index in [1.54, 1.807) is 12.1 Å². The maximum atomic E-state index is 9.13. The van der Waals surface area contributed by atoms with Gasteiger partial charge in [-0.05, 0) is 31.8 Å². The second-order valence-electron chi connectivity index (χ2n) is 4.47. The first-order valence-electron chi connectivity index (χ1n) is 4.98. The third kappa shape index (κ3) is 4.04. The van der Waals surface area contributed by atoms with Crippen LogP contribution in [0.4, 0.5) is 0 Å². The van der Waals surface area contributed by atoms with Gasteiger partial charge < -0.3 is 14.8 Å². The van der Waals surface area contributed by atoms with Crippen LogP contribution in [0.25, 0.3) is 0 Å². The zero-order valence-electron chi connectivity index (χ0n) is 9.40. The molecule has 0 aliphatic carbocycles. The third-order valence-corrected chi connectivity index (χ3v) is 1.99. The standard InChI is InChI=1S/C11H17BO3/c1-11(2,3)15-8-9-6-4-5-7-10(9)12(13)14/h4-7,13-14H,8H2,1-3H3. The predicted octanol–water partition coefficient (Wildman–Crippen LogP) is 0.681. The van der Waals surface area contributed by atoms with Crippen LogP contribution in [0.2, 0.25) is 0 Å². The largest absolute Gasteiger partial charge is 0.488 e. The van der Waals surface area contributed by atoms with Crippen LogP contribution in [0.3, 0.4) is 0 Å². The molecule has 2 N–H and O–H groups in total. The maximum Gasteiger partial charge on any atom is 0.488 e. The summed E-state index contributed by atoms with van der Waals surface area (Å²) in [5.74, 6) is 0. The summed E-state index contributed by atoms with van der Waals surface area (Å²) >= 11 is 0. The number of rotatable bonds is 3. The summed E-state index contributed by atoms with van der Waals surface area (Å²) in [6.45, 7) is 6.28. The van der Waals surface area contributed by atoms with Gasteiger partial charge in [0, 0.05) is 0 Å². The van der Waals surface area contributed by atoms with Gasteiger partial charge in [0.1, 0.15) is 0 Å². The van der Waals surface area contributed by atoms with Crippen molar-refractivity contribution in [1.82, 2.24) is 0 Å². The lowest BCUT2D eigenvalue weighted by atomic mass is 9.77. The van der Waals surface area contributed by atoms with Crippen LogP contribution in [0, 0.1) is 0 Å². The molecule has 0 heterocycles. The summed E-state index contributed by atoms with van der Waals surface area (Å²) < 4.78 is 5.58. The summed E-state index contributed by atoms with van der Waals surface area (Å²) in [5, 5.41) is 18.3. The van der Waals surface area contributed by atoms with Crippen molar-refractivity contribution in [3.8, 4) is 0 Å². The fraction of sp³-hybridized carbons (Fsp3) is 0.455. The van der Waals surface area contributed by atoms with Gasteiger partial charge >= 0.3 is 7.12 Å². The van der Waals surface area contributed by atoms with Crippen LogP contribution in [0.5, 0.6) is 0 Å². The van der Waals surface area contributed by atoms with E-state index in [-0.39, 0.29) is 5.60 Å². The molecule has 0 bridgehead atoms. The first-order valence-corrected chi connectivity index (χ1v) is 4.98. The minimum absolute atomic E-state index is 0.229. The van der Waals surface area contributed by atoms with Crippen molar-refractivity contribution in [2.75, 3.05) is 0 Å². The highest BCUT2D eigenvalue weighted by atomic mass is 16.5. The lowest BCUT2D eigenvalue weighted by molar-refractivity contribution is -0.0146. The SMILES string of the molecule is CC(C)(C)OCc1ccccc1B(O)O. The predicted molar refractivity (Wildman–Crippen MR) is 60.8 cm³/mol. The molecule has 0 radical (unpaired) electrons. The molecule has 4 heteroatoms. The van der Waals surface area contributed by atoms with E-state index >= 15 is 0 Å². The van der Waals surface area contributed by atoms with E-state index < -0.39 is 7.12 Å². The molecule has 1 rings (SSSR count).